The molecule has 0 aliphatic carbocycles. The van der Waals surface area contributed by atoms with Gasteiger partial charge < -0.3 is 10.6 Å². The molecule has 0 amide bonds. The SMILES string of the molecule is CNc1nc(Nc2cccc(Cl)c2Cl)cc(-c2ccncc2)n1. The standard InChI is InChI=1S/C16H13Cl2N5/c1-19-16-22-13(10-5-7-20-8-6-10)9-14(23-16)21-12-4-2-3-11(17)15(12)18/h2-9H,1H3,(H2,19,21,22,23). The lowest BCUT2D eigenvalue weighted by Gasteiger charge is -2.11. The summed E-state index contributed by atoms with van der Waals surface area (Å²) in [7, 11) is 1.77. The summed E-state index contributed by atoms with van der Waals surface area (Å²) in [5, 5.41) is 7.06. The van der Waals surface area contributed by atoms with Gasteiger partial charge in [0.05, 0.1) is 21.4 Å². The maximum atomic E-state index is 6.21. The van der Waals surface area contributed by atoms with E-state index < -0.39 is 0 Å². The van der Waals surface area contributed by atoms with E-state index in [2.05, 4.69) is 25.6 Å². The number of halogens is 2. The number of hydrogen-bond donors (Lipinski definition) is 2. The fraction of sp³-hybridized carbons (Fsp3) is 0.0625. The highest BCUT2D eigenvalue weighted by atomic mass is 35.5. The topological polar surface area (TPSA) is 62.7 Å². The quantitative estimate of drug-likeness (QED) is 0.721. The maximum Gasteiger partial charge on any atom is 0.224 e. The molecule has 1 aromatic carbocycles. The summed E-state index contributed by atoms with van der Waals surface area (Å²) in [5.41, 5.74) is 2.40. The first-order valence-corrected chi connectivity index (χ1v) is 7.61. The van der Waals surface area contributed by atoms with Gasteiger partial charge in [0.25, 0.3) is 0 Å². The molecule has 0 spiro atoms. The molecule has 0 saturated carbocycles. The molecule has 0 aliphatic heterocycles. The van der Waals surface area contributed by atoms with Crippen LogP contribution >= 0.6 is 23.2 Å². The van der Waals surface area contributed by atoms with Crippen LogP contribution in [0.5, 0.6) is 0 Å². The van der Waals surface area contributed by atoms with Crippen molar-refractivity contribution in [3.8, 4) is 11.3 Å². The largest absolute Gasteiger partial charge is 0.357 e. The Balaban J connectivity index is 2.01. The van der Waals surface area contributed by atoms with Crippen molar-refractivity contribution in [3.05, 3.63) is 58.8 Å². The Morgan fingerprint density at radius 3 is 2.52 bits per heavy atom. The van der Waals surface area contributed by atoms with Crippen LogP contribution in [0.1, 0.15) is 0 Å². The Morgan fingerprint density at radius 1 is 1.00 bits per heavy atom. The lowest BCUT2D eigenvalue weighted by molar-refractivity contribution is 1.15. The Hall–Kier alpha value is -2.37. The van der Waals surface area contributed by atoms with Crippen LogP contribution in [-0.2, 0) is 0 Å². The minimum absolute atomic E-state index is 0.448. The average Bonchev–Trinajstić information content (AvgIpc) is 2.59. The van der Waals surface area contributed by atoms with Crippen LogP contribution in [0.15, 0.2) is 48.8 Å². The van der Waals surface area contributed by atoms with E-state index in [4.69, 9.17) is 23.2 Å². The second-order valence-corrected chi connectivity index (χ2v) is 5.46. The van der Waals surface area contributed by atoms with Gasteiger partial charge >= 0.3 is 0 Å². The van der Waals surface area contributed by atoms with E-state index in [1.54, 1.807) is 25.5 Å². The van der Waals surface area contributed by atoms with E-state index >= 15 is 0 Å². The van der Waals surface area contributed by atoms with E-state index in [1.165, 1.54) is 0 Å². The molecule has 2 aromatic heterocycles. The van der Waals surface area contributed by atoms with Gasteiger partial charge in [-0.2, -0.15) is 4.98 Å². The normalized spacial score (nSPS) is 10.4. The molecular formula is C16H13Cl2N5. The molecule has 0 saturated heterocycles. The minimum Gasteiger partial charge on any atom is -0.357 e. The number of anilines is 3. The number of nitrogens with one attached hydrogen (secondary N) is 2. The molecule has 5 nitrogen and oxygen atoms in total. The molecule has 23 heavy (non-hydrogen) atoms. The van der Waals surface area contributed by atoms with Crippen LogP contribution in [0.4, 0.5) is 17.5 Å². The first-order chi connectivity index (χ1) is 11.2. The fourth-order valence-electron chi connectivity index (χ4n) is 2.03. The van der Waals surface area contributed by atoms with E-state index in [1.807, 2.05) is 30.3 Å². The third kappa shape index (κ3) is 3.52. The Labute approximate surface area is 143 Å². The first-order valence-electron chi connectivity index (χ1n) is 6.85. The van der Waals surface area contributed by atoms with Crippen LogP contribution in [0.3, 0.4) is 0 Å². The zero-order chi connectivity index (χ0) is 16.2. The maximum absolute atomic E-state index is 6.21. The molecule has 0 atom stereocenters. The zero-order valence-corrected chi connectivity index (χ0v) is 13.7. The average molecular weight is 346 g/mol. The molecule has 2 heterocycles. The summed E-state index contributed by atoms with van der Waals surface area (Å²) in [6.07, 6.45) is 3.44. The molecule has 0 fully saturated rings. The van der Waals surface area contributed by atoms with Crippen molar-refractivity contribution < 1.29 is 0 Å². The highest BCUT2D eigenvalue weighted by Gasteiger charge is 2.09. The number of benzene rings is 1. The van der Waals surface area contributed by atoms with Gasteiger partial charge in [-0.3, -0.25) is 4.98 Å². The number of aromatic nitrogens is 3. The minimum atomic E-state index is 0.448. The lowest BCUT2D eigenvalue weighted by atomic mass is 10.2. The van der Waals surface area contributed by atoms with Crippen molar-refractivity contribution in [1.29, 1.82) is 0 Å². The van der Waals surface area contributed by atoms with E-state index in [0.29, 0.717) is 27.5 Å². The molecule has 2 N–H and O–H groups in total. The van der Waals surface area contributed by atoms with Crippen molar-refractivity contribution in [2.24, 2.45) is 0 Å². The molecule has 7 heteroatoms. The molecule has 0 radical (unpaired) electrons. The van der Waals surface area contributed by atoms with Gasteiger partial charge in [0.1, 0.15) is 5.82 Å². The summed E-state index contributed by atoms with van der Waals surface area (Å²) in [6.45, 7) is 0. The molecule has 3 rings (SSSR count). The summed E-state index contributed by atoms with van der Waals surface area (Å²) in [4.78, 5) is 12.9. The number of rotatable bonds is 4. The van der Waals surface area contributed by atoms with Gasteiger partial charge in [0, 0.05) is 31.1 Å². The third-order valence-electron chi connectivity index (χ3n) is 3.14. The van der Waals surface area contributed by atoms with E-state index in [9.17, 15) is 0 Å². The predicted molar refractivity (Wildman–Crippen MR) is 94.6 cm³/mol. The van der Waals surface area contributed by atoms with E-state index in [0.717, 1.165) is 11.3 Å². The molecule has 0 aliphatic rings. The molecule has 0 unspecified atom stereocenters. The van der Waals surface area contributed by atoms with Crippen LogP contribution < -0.4 is 10.6 Å². The number of pyridine rings is 1. The first kappa shape index (κ1) is 15.5. The zero-order valence-electron chi connectivity index (χ0n) is 12.2. The summed E-state index contributed by atoms with van der Waals surface area (Å²) < 4.78 is 0. The predicted octanol–water partition coefficient (Wildman–Crippen LogP) is 4.63. The Morgan fingerprint density at radius 2 is 1.78 bits per heavy atom. The van der Waals surface area contributed by atoms with Gasteiger partial charge in [-0.05, 0) is 24.3 Å². The lowest BCUT2D eigenvalue weighted by Crippen LogP contribution is -2.02. The number of nitrogens with zero attached hydrogens (tertiary/aromatic N) is 3. The van der Waals surface area contributed by atoms with Crippen molar-refractivity contribution in [2.45, 2.75) is 0 Å². The summed E-state index contributed by atoms with van der Waals surface area (Å²) >= 11 is 12.3. The van der Waals surface area contributed by atoms with Crippen LogP contribution in [-0.4, -0.2) is 22.0 Å². The fourth-order valence-corrected chi connectivity index (χ4v) is 2.38. The second kappa shape index (κ2) is 6.81. The van der Waals surface area contributed by atoms with Crippen molar-refractivity contribution >= 4 is 40.7 Å². The smallest absolute Gasteiger partial charge is 0.224 e. The van der Waals surface area contributed by atoms with Gasteiger partial charge in [-0.25, -0.2) is 4.98 Å². The third-order valence-corrected chi connectivity index (χ3v) is 3.96. The van der Waals surface area contributed by atoms with Crippen LogP contribution in [0.25, 0.3) is 11.3 Å². The second-order valence-electron chi connectivity index (χ2n) is 4.67. The highest BCUT2D eigenvalue weighted by molar-refractivity contribution is 6.43. The highest BCUT2D eigenvalue weighted by Crippen LogP contribution is 2.32. The summed E-state index contributed by atoms with van der Waals surface area (Å²) in [6, 6.07) is 11.0. The van der Waals surface area contributed by atoms with Gasteiger partial charge in [0.2, 0.25) is 5.95 Å². The monoisotopic (exact) mass is 345 g/mol. The van der Waals surface area contributed by atoms with Crippen molar-refractivity contribution in [3.63, 3.8) is 0 Å². The van der Waals surface area contributed by atoms with Gasteiger partial charge in [-0.1, -0.05) is 29.3 Å². The molecule has 116 valence electrons. The Kier molecular flexibility index (Phi) is 4.60. The van der Waals surface area contributed by atoms with Gasteiger partial charge in [-0.15, -0.1) is 0 Å². The number of hydrogen-bond acceptors (Lipinski definition) is 5. The molecule has 3 aromatic rings. The van der Waals surface area contributed by atoms with Crippen LogP contribution in [0.2, 0.25) is 10.0 Å². The summed E-state index contributed by atoms with van der Waals surface area (Å²) in [5.74, 6) is 1.11. The Bertz CT molecular complexity index is 824. The molecule has 0 bridgehead atoms. The van der Waals surface area contributed by atoms with E-state index in [-0.39, 0.29) is 0 Å². The molecular weight excluding hydrogens is 333 g/mol. The van der Waals surface area contributed by atoms with Gasteiger partial charge in [0.15, 0.2) is 0 Å². The van der Waals surface area contributed by atoms with Crippen molar-refractivity contribution in [1.82, 2.24) is 15.0 Å². The van der Waals surface area contributed by atoms with Crippen molar-refractivity contribution in [2.75, 3.05) is 17.7 Å². The van der Waals surface area contributed by atoms with Crippen LogP contribution in [0, 0.1) is 0 Å².